The summed E-state index contributed by atoms with van der Waals surface area (Å²) in [6.07, 6.45) is 4.92. The molecular weight excluding hydrogens is 260 g/mol. The van der Waals surface area contributed by atoms with Gasteiger partial charge in [-0.3, -0.25) is 9.69 Å². The van der Waals surface area contributed by atoms with E-state index in [1.165, 1.54) is 30.4 Å². The molecule has 1 N–H and O–H groups in total. The molecule has 0 spiro atoms. The first kappa shape index (κ1) is 16.0. The average molecular weight is 288 g/mol. The molecule has 1 saturated carbocycles. The van der Waals surface area contributed by atoms with E-state index in [4.69, 9.17) is 0 Å². The Morgan fingerprint density at radius 3 is 2.71 bits per heavy atom. The molecule has 3 heteroatoms. The van der Waals surface area contributed by atoms with Gasteiger partial charge in [-0.1, -0.05) is 44.0 Å². The minimum absolute atomic E-state index is 0.157. The molecule has 0 bridgehead atoms. The van der Waals surface area contributed by atoms with Gasteiger partial charge in [0.15, 0.2) is 0 Å². The maximum absolute atomic E-state index is 12.2. The van der Waals surface area contributed by atoms with Crippen molar-refractivity contribution >= 4 is 5.91 Å². The monoisotopic (exact) mass is 288 g/mol. The summed E-state index contributed by atoms with van der Waals surface area (Å²) in [7, 11) is 2.01. The lowest BCUT2D eigenvalue weighted by Crippen LogP contribution is -2.44. The Bertz CT molecular complexity index is 472. The first-order chi connectivity index (χ1) is 10.1. The summed E-state index contributed by atoms with van der Waals surface area (Å²) in [6, 6.07) is 8.73. The molecule has 2 unspecified atom stereocenters. The minimum atomic E-state index is 0.157. The number of aryl methyl sites for hydroxylation is 1. The van der Waals surface area contributed by atoms with E-state index in [2.05, 4.69) is 48.3 Å². The molecule has 1 amide bonds. The highest BCUT2D eigenvalue weighted by atomic mass is 16.2. The standard InChI is InChI=1S/C18H28N2O/c1-14-8-4-6-10-16(14)12-20(3)13-18(21)19-17-11-7-5-9-15(17)2/h4,6,8,10,15,17H,5,7,9,11-13H2,1-3H3,(H,19,21). The molecular formula is C18H28N2O. The van der Waals surface area contributed by atoms with Crippen LogP contribution in [0.15, 0.2) is 24.3 Å². The Labute approximate surface area is 128 Å². The molecule has 3 nitrogen and oxygen atoms in total. The van der Waals surface area contributed by atoms with Gasteiger partial charge in [0, 0.05) is 12.6 Å². The van der Waals surface area contributed by atoms with Crippen LogP contribution in [0.4, 0.5) is 0 Å². The molecule has 0 aromatic heterocycles. The molecule has 1 aliphatic carbocycles. The first-order valence-electron chi connectivity index (χ1n) is 8.08. The van der Waals surface area contributed by atoms with Crippen LogP contribution in [0, 0.1) is 12.8 Å². The van der Waals surface area contributed by atoms with Crippen LogP contribution in [0.5, 0.6) is 0 Å². The SMILES string of the molecule is Cc1ccccc1CN(C)CC(=O)NC1CCCCC1C. The van der Waals surface area contributed by atoms with Crippen LogP contribution in [0.25, 0.3) is 0 Å². The summed E-state index contributed by atoms with van der Waals surface area (Å²) in [6.45, 7) is 5.66. The zero-order valence-electron chi connectivity index (χ0n) is 13.6. The van der Waals surface area contributed by atoms with Gasteiger partial charge in [-0.25, -0.2) is 0 Å². The van der Waals surface area contributed by atoms with Crippen molar-refractivity contribution in [2.45, 2.75) is 52.1 Å². The van der Waals surface area contributed by atoms with E-state index in [0.29, 0.717) is 18.5 Å². The number of hydrogen-bond donors (Lipinski definition) is 1. The quantitative estimate of drug-likeness (QED) is 0.903. The summed E-state index contributed by atoms with van der Waals surface area (Å²) in [5.74, 6) is 0.772. The first-order valence-corrected chi connectivity index (χ1v) is 8.08. The van der Waals surface area contributed by atoms with E-state index in [1.807, 2.05) is 7.05 Å². The topological polar surface area (TPSA) is 32.3 Å². The lowest BCUT2D eigenvalue weighted by Gasteiger charge is -2.30. The van der Waals surface area contributed by atoms with Crippen molar-refractivity contribution in [2.75, 3.05) is 13.6 Å². The number of likely N-dealkylation sites (N-methyl/N-ethyl adjacent to an activating group) is 1. The van der Waals surface area contributed by atoms with Crippen molar-refractivity contribution in [2.24, 2.45) is 5.92 Å². The third-order valence-electron chi connectivity index (χ3n) is 4.57. The smallest absolute Gasteiger partial charge is 0.234 e. The molecule has 1 aliphatic rings. The molecule has 21 heavy (non-hydrogen) atoms. The summed E-state index contributed by atoms with van der Waals surface area (Å²) in [4.78, 5) is 14.3. The van der Waals surface area contributed by atoms with Crippen LogP contribution in [0.3, 0.4) is 0 Å². The molecule has 1 aromatic rings. The molecule has 0 heterocycles. The second kappa shape index (κ2) is 7.60. The number of carbonyl (C=O) groups excluding carboxylic acids is 1. The van der Waals surface area contributed by atoms with Crippen molar-refractivity contribution in [3.63, 3.8) is 0 Å². The van der Waals surface area contributed by atoms with E-state index in [9.17, 15) is 4.79 Å². The fourth-order valence-corrected chi connectivity index (χ4v) is 3.16. The maximum atomic E-state index is 12.2. The van der Waals surface area contributed by atoms with Crippen molar-refractivity contribution in [3.05, 3.63) is 35.4 Å². The van der Waals surface area contributed by atoms with Crippen molar-refractivity contribution in [3.8, 4) is 0 Å². The predicted octanol–water partition coefficient (Wildman–Crippen LogP) is 3.12. The van der Waals surface area contributed by atoms with Gasteiger partial charge in [0.05, 0.1) is 6.54 Å². The highest BCUT2D eigenvalue weighted by Gasteiger charge is 2.23. The van der Waals surface area contributed by atoms with E-state index < -0.39 is 0 Å². The van der Waals surface area contributed by atoms with Crippen molar-refractivity contribution in [1.82, 2.24) is 10.2 Å². The number of carbonyl (C=O) groups is 1. The van der Waals surface area contributed by atoms with Gasteiger partial charge in [0.1, 0.15) is 0 Å². The van der Waals surface area contributed by atoms with Crippen LogP contribution in [-0.4, -0.2) is 30.4 Å². The van der Waals surface area contributed by atoms with Gasteiger partial charge >= 0.3 is 0 Å². The normalized spacial score (nSPS) is 22.3. The minimum Gasteiger partial charge on any atom is -0.352 e. The fraction of sp³-hybridized carbons (Fsp3) is 0.611. The van der Waals surface area contributed by atoms with Crippen molar-refractivity contribution < 1.29 is 4.79 Å². The van der Waals surface area contributed by atoms with E-state index in [1.54, 1.807) is 0 Å². The van der Waals surface area contributed by atoms with Gasteiger partial charge in [-0.05, 0) is 43.9 Å². The second-order valence-corrected chi connectivity index (χ2v) is 6.53. The molecule has 2 atom stereocenters. The highest BCUT2D eigenvalue weighted by Crippen LogP contribution is 2.23. The molecule has 0 aliphatic heterocycles. The summed E-state index contributed by atoms with van der Waals surface area (Å²) >= 11 is 0. The molecule has 1 fully saturated rings. The van der Waals surface area contributed by atoms with Gasteiger partial charge < -0.3 is 5.32 Å². The van der Waals surface area contributed by atoms with Crippen LogP contribution in [0.2, 0.25) is 0 Å². The Morgan fingerprint density at radius 2 is 2.00 bits per heavy atom. The zero-order chi connectivity index (χ0) is 15.2. The Morgan fingerprint density at radius 1 is 1.29 bits per heavy atom. The lowest BCUT2D eigenvalue weighted by molar-refractivity contribution is -0.123. The molecule has 0 radical (unpaired) electrons. The Hall–Kier alpha value is -1.35. The van der Waals surface area contributed by atoms with Crippen LogP contribution in [0.1, 0.15) is 43.7 Å². The van der Waals surface area contributed by atoms with Crippen LogP contribution >= 0.6 is 0 Å². The van der Waals surface area contributed by atoms with Gasteiger partial charge in [-0.15, -0.1) is 0 Å². The fourth-order valence-electron chi connectivity index (χ4n) is 3.16. The third kappa shape index (κ3) is 4.85. The van der Waals surface area contributed by atoms with E-state index in [-0.39, 0.29) is 5.91 Å². The van der Waals surface area contributed by atoms with Crippen LogP contribution in [-0.2, 0) is 11.3 Å². The third-order valence-corrected chi connectivity index (χ3v) is 4.57. The maximum Gasteiger partial charge on any atom is 0.234 e. The number of benzene rings is 1. The Balaban J connectivity index is 1.80. The van der Waals surface area contributed by atoms with Gasteiger partial charge in [0.2, 0.25) is 5.91 Å². The molecule has 1 aromatic carbocycles. The Kier molecular flexibility index (Phi) is 5.80. The predicted molar refractivity (Wildman–Crippen MR) is 87.1 cm³/mol. The number of amides is 1. The summed E-state index contributed by atoms with van der Waals surface area (Å²) in [5.41, 5.74) is 2.57. The van der Waals surface area contributed by atoms with E-state index >= 15 is 0 Å². The highest BCUT2D eigenvalue weighted by molar-refractivity contribution is 5.78. The van der Waals surface area contributed by atoms with Gasteiger partial charge in [-0.2, -0.15) is 0 Å². The number of nitrogens with one attached hydrogen (secondary N) is 1. The zero-order valence-corrected chi connectivity index (χ0v) is 13.6. The van der Waals surface area contributed by atoms with Crippen molar-refractivity contribution in [1.29, 1.82) is 0 Å². The number of nitrogens with zero attached hydrogens (tertiary/aromatic N) is 1. The molecule has 116 valence electrons. The average Bonchev–Trinajstić information content (AvgIpc) is 2.44. The molecule has 0 saturated heterocycles. The van der Waals surface area contributed by atoms with Crippen LogP contribution < -0.4 is 5.32 Å². The molecule has 2 rings (SSSR count). The number of hydrogen-bond acceptors (Lipinski definition) is 2. The van der Waals surface area contributed by atoms with E-state index in [0.717, 1.165) is 13.0 Å². The lowest BCUT2D eigenvalue weighted by atomic mass is 9.86. The second-order valence-electron chi connectivity index (χ2n) is 6.53. The summed E-state index contributed by atoms with van der Waals surface area (Å²) < 4.78 is 0. The largest absolute Gasteiger partial charge is 0.352 e. The summed E-state index contributed by atoms with van der Waals surface area (Å²) in [5, 5.41) is 3.22. The van der Waals surface area contributed by atoms with Gasteiger partial charge in [0.25, 0.3) is 0 Å². The number of rotatable bonds is 5.